The minimum absolute atomic E-state index is 0.0131. The fourth-order valence-electron chi connectivity index (χ4n) is 8.34. The van der Waals surface area contributed by atoms with Gasteiger partial charge in [0.1, 0.15) is 11.6 Å². The van der Waals surface area contributed by atoms with Crippen molar-refractivity contribution in [1.82, 2.24) is 10.7 Å². The second-order valence-corrected chi connectivity index (χ2v) is 13.1. The molecule has 5 N–H and O–H groups in total. The van der Waals surface area contributed by atoms with Crippen molar-refractivity contribution in [2.45, 2.75) is 89.9 Å². The van der Waals surface area contributed by atoms with Crippen molar-refractivity contribution in [3.05, 3.63) is 23.8 Å². The van der Waals surface area contributed by atoms with Crippen LogP contribution in [0.4, 0.5) is 0 Å². The van der Waals surface area contributed by atoms with E-state index in [4.69, 9.17) is 19.9 Å². The molecule has 8 atom stereocenters. The normalized spacial score (nSPS) is 34.2. The maximum absolute atomic E-state index is 13.5. The summed E-state index contributed by atoms with van der Waals surface area (Å²) in [6.45, 7) is 4.13. The van der Waals surface area contributed by atoms with Crippen molar-refractivity contribution in [3.8, 4) is 0 Å². The summed E-state index contributed by atoms with van der Waals surface area (Å²) in [6.07, 6.45) is 6.56. The fourth-order valence-corrected chi connectivity index (χ4v) is 8.34. The molecule has 0 heterocycles. The van der Waals surface area contributed by atoms with Crippen LogP contribution < -0.4 is 5.32 Å². The van der Waals surface area contributed by atoms with E-state index in [1.165, 1.54) is 0 Å². The number of unbranched alkanes of at least 4 members (excludes halogenated alkanes) is 1. The molecule has 0 saturated heterocycles. The van der Waals surface area contributed by atoms with Crippen LogP contribution in [0.25, 0.3) is 0 Å². The number of carbonyl (C=O) groups is 5. The molecule has 0 spiro atoms. The van der Waals surface area contributed by atoms with E-state index in [1.807, 2.05) is 19.9 Å². The van der Waals surface area contributed by atoms with Gasteiger partial charge in [-0.05, 0) is 68.9 Å². The van der Waals surface area contributed by atoms with Gasteiger partial charge in [0.25, 0.3) is 0 Å². The van der Waals surface area contributed by atoms with E-state index in [0.717, 1.165) is 18.9 Å². The number of hydrogen-bond acceptors (Lipinski definition) is 13. The molecule has 0 aromatic carbocycles. The fraction of sp³-hybridized carbons (Fsp3) is 0.710. The number of nitrogens with zero attached hydrogens (tertiary/aromatic N) is 1. The van der Waals surface area contributed by atoms with Gasteiger partial charge in [-0.1, -0.05) is 25.5 Å². The lowest BCUT2D eigenvalue weighted by atomic mass is 9.46. The SMILES string of the molecule is CC(=O)NC(CC(=O)OCC(=O)[C@@]1(O)CC[C@H]2[C@@H]3CCC4=CC(=O)C=C[C@]4(C)[C@H]3[C@@H](O)C[C@@]21C)C(=O)OCCCCON(O)O. The summed E-state index contributed by atoms with van der Waals surface area (Å²) in [5.41, 5.74) is -2.30. The van der Waals surface area contributed by atoms with Crippen molar-refractivity contribution < 1.29 is 58.9 Å². The smallest absolute Gasteiger partial charge is 0.329 e. The summed E-state index contributed by atoms with van der Waals surface area (Å²) >= 11 is 0. The Morgan fingerprint density at radius 2 is 1.82 bits per heavy atom. The van der Waals surface area contributed by atoms with E-state index in [0.29, 0.717) is 25.7 Å². The molecule has 0 radical (unpaired) electrons. The van der Waals surface area contributed by atoms with E-state index in [1.54, 1.807) is 12.2 Å². The van der Waals surface area contributed by atoms with Gasteiger partial charge in [0, 0.05) is 23.7 Å². The Kier molecular flexibility index (Phi) is 10.7. The number of Topliss-reactive ketones (excluding diaryl/α,β-unsaturated/α-hetero) is 1. The minimum atomic E-state index is -1.85. The van der Waals surface area contributed by atoms with Gasteiger partial charge in [0.2, 0.25) is 11.7 Å². The molecule has 250 valence electrons. The molecule has 0 bridgehead atoms. The number of ketones is 2. The van der Waals surface area contributed by atoms with Crippen LogP contribution in [-0.2, 0) is 38.3 Å². The van der Waals surface area contributed by atoms with E-state index in [2.05, 4.69) is 10.2 Å². The third-order valence-corrected chi connectivity index (χ3v) is 10.5. The van der Waals surface area contributed by atoms with Crippen molar-refractivity contribution in [1.29, 1.82) is 0 Å². The zero-order chi connectivity index (χ0) is 33.2. The van der Waals surface area contributed by atoms with Gasteiger partial charge in [-0.15, -0.1) is 0 Å². The van der Waals surface area contributed by atoms with Crippen LogP contribution in [0.3, 0.4) is 0 Å². The number of fused-ring (bicyclic) bond motifs is 5. The molecule has 3 saturated carbocycles. The van der Waals surface area contributed by atoms with Crippen LogP contribution in [0.5, 0.6) is 0 Å². The monoisotopic (exact) mass is 636 g/mol. The molecule has 0 aliphatic heterocycles. The average molecular weight is 637 g/mol. The molecule has 1 unspecified atom stereocenters. The highest BCUT2D eigenvalue weighted by Crippen LogP contribution is 2.67. The molecule has 0 aromatic rings. The maximum atomic E-state index is 13.5. The van der Waals surface area contributed by atoms with Gasteiger partial charge in [0.05, 0.1) is 31.1 Å². The number of aliphatic hydroxyl groups is 2. The highest BCUT2D eigenvalue weighted by Gasteiger charge is 2.68. The van der Waals surface area contributed by atoms with Gasteiger partial charge >= 0.3 is 11.9 Å². The quantitative estimate of drug-likeness (QED) is 0.110. The Morgan fingerprint density at radius 1 is 1.11 bits per heavy atom. The van der Waals surface area contributed by atoms with Gasteiger partial charge in [-0.25, -0.2) is 4.79 Å². The summed E-state index contributed by atoms with van der Waals surface area (Å²) in [7, 11) is 0. The first kappa shape index (κ1) is 34.9. The summed E-state index contributed by atoms with van der Waals surface area (Å²) in [6, 6.07) is -1.37. The summed E-state index contributed by atoms with van der Waals surface area (Å²) < 4.78 is 10.3. The number of amides is 1. The van der Waals surface area contributed by atoms with Gasteiger partial charge < -0.3 is 25.0 Å². The third-order valence-electron chi connectivity index (χ3n) is 10.5. The number of carbonyl (C=O) groups excluding carboxylic acids is 5. The van der Waals surface area contributed by atoms with Crippen LogP contribution in [0.2, 0.25) is 0 Å². The minimum Gasteiger partial charge on any atom is -0.464 e. The lowest BCUT2D eigenvalue weighted by Crippen LogP contribution is -2.61. The van der Waals surface area contributed by atoms with Crippen LogP contribution in [0.1, 0.15) is 72.1 Å². The molecule has 14 heteroatoms. The molecule has 4 aliphatic rings. The predicted molar refractivity (Wildman–Crippen MR) is 153 cm³/mol. The number of aliphatic hydroxyl groups excluding tert-OH is 1. The van der Waals surface area contributed by atoms with Gasteiger partial charge in [-0.2, -0.15) is 0 Å². The number of allylic oxidation sites excluding steroid dienone is 4. The van der Waals surface area contributed by atoms with Gasteiger partial charge in [0.15, 0.2) is 12.4 Å². The molecule has 14 nitrogen and oxygen atoms in total. The van der Waals surface area contributed by atoms with E-state index < -0.39 is 70.6 Å². The van der Waals surface area contributed by atoms with Gasteiger partial charge in [-0.3, -0.25) is 34.4 Å². The number of hydrogen-bond donors (Lipinski definition) is 5. The molecule has 3 fully saturated rings. The maximum Gasteiger partial charge on any atom is 0.329 e. The number of esters is 2. The molecular weight excluding hydrogens is 592 g/mol. The standard InChI is InChI=1S/C31H44N2O12/c1-18(34)32-23(28(39)43-12-4-5-13-45-33(41)42)15-26(38)44-17-25(37)31(40)11-9-22-21-7-6-19-14-20(35)8-10-29(19,2)27(21)24(36)16-30(22,31)3/h8,10,14,21-24,27,36,40-42H,4-7,9,11-13,15-17H2,1-3H3,(H,32,34)/t21-,22-,23?,24-,27+,29-,30-,31-/m0/s1. The van der Waals surface area contributed by atoms with E-state index in [9.17, 15) is 34.2 Å². The Morgan fingerprint density at radius 3 is 2.51 bits per heavy atom. The lowest BCUT2D eigenvalue weighted by Gasteiger charge is -2.59. The Labute approximate surface area is 261 Å². The largest absolute Gasteiger partial charge is 0.464 e. The topological polar surface area (TPSA) is 209 Å². The van der Waals surface area contributed by atoms with Crippen LogP contribution in [0, 0.1) is 28.6 Å². The number of rotatable bonds is 13. The molecular formula is C31H44N2O12. The van der Waals surface area contributed by atoms with Crippen LogP contribution >= 0.6 is 0 Å². The Balaban J connectivity index is 1.35. The molecule has 45 heavy (non-hydrogen) atoms. The Bertz CT molecular complexity index is 1250. The highest BCUT2D eigenvalue weighted by molar-refractivity contribution is 6.01. The molecule has 0 aromatic heterocycles. The Hall–Kier alpha value is -3.01. The first-order valence-electron chi connectivity index (χ1n) is 15.4. The zero-order valence-electron chi connectivity index (χ0n) is 25.9. The van der Waals surface area contributed by atoms with Crippen molar-refractivity contribution in [2.75, 3.05) is 19.8 Å². The first-order chi connectivity index (χ1) is 21.1. The molecule has 4 aliphatic carbocycles. The summed E-state index contributed by atoms with van der Waals surface area (Å²) in [5.74, 6) is -3.42. The van der Waals surface area contributed by atoms with Crippen molar-refractivity contribution >= 4 is 29.4 Å². The summed E-state index contributed by atoms with van der Waals surface area (Å²) in [5, 5.41) is 42.2. The number of nitrogens with one attached hydrogen (secondary N) is 1. The predicted octanol–water partition coefficient (Wildman–Crippen LogP) is 1.34. The van der Waals surface area contributed by atoms with Crippen LogP contribution in [-0.4, -0.2) is 93.0 Å². The van der Waals surface area contributed by atoms with Crippen LogP contribution in [0.15, 0.2) is 23.8 Å². The van der Waals surface area contributed by atoms with Crippen molar-refractivity contribution in [3.63, 3.8) is 0 Å². The average Bonchev–Trinajstić information content (AvgIpc) is 3.23. The highest BCUT2D eigenvalue weighted by atomic mass is 17.1. The second-order valence-electron chi connectivity index (χ2n) is 13.1. The lowest BCUT2D eigenvalue weighted by molar-refractivity contribution is -0.492. The van der Waals surface area contributed by atoms with E-state index in [-0.39, 0.29) is 49.6 Å². The summed E-state index contributed by atoms with van der Waals surface area (Å²) in [4.78, 5) is 66.8. The third kappa shape index (κ3) is 7.05. The molecule has 1 amide bonds. The second kappa shape index (κ2) is 13.8. The zero-order valence-corrected chi connectivity index (χ0v) is 25.9. The first-order valence-corrected chi connectivity index (χ1v) is 15.4. The van der Waals surface area contributed by atoms with E-state index >= 15 is 0 Å². The number of ether oxygens (including phenoxy) is 2. The molecule has 4 rings (SSSR count). The van der Waals surface area contributed by atoms with Crippen molar-refractivity contribution in [2.24, 2.45) is 28.6 Å².